The number of para-hydroxylation sites is 1. The van der Waals surface area contributed by atoms with Crippen LogP contribution in [-0.2, 0) is 0 Å². The predicted octanol–water partition coefficient (Wildman–Crippen LogP) is 2.55. The van der Waals surface area contributed by atoms with Crippen molar-refractivity contribution in [1.29, 1.82) is 0 Å². The van der Waals surface area contributed by atoms with E-state index in [2.05, 4.69) is 15.2 Å². The molecular formula is C14H14N4O2. The third kappa shape index (κ3) is 1.85. The fourth-order valence-electron chi connectivity index (χ4n) is 2.19. The van der Waals surface area contributed by atoms with Crippen molar-refractivity contribution in [3.63, 3.8) is 0 Å². The lowest BCUT2D eigenvalue weighted by molar-refractivity contribution is 0.412. The average Bonchev–Trinajstić information content (AvgIpc) is 3.08. The molecule has 0 spiro atoms. The Balaban J connectivity index is 2.28. The lowest BCUT2D eigenvalue weighted by atomic mass is 10.1. The molecule has 3 aromatic rings. The van der Waals surface area contributed by atoms with Crippen LogP contribution < -0.4 is 4.74 Å². The molecule has 0 N–H and O–H groups in total. The van der Waals surface area contributed by atoms with Crippen LogP contribution in [0.1, 0.15) is 11.4 Å². The zero-order valence-corrected chi connectivity index (χ0v) is 11.5. The van der Waals surface area contributed by atoms with Crippen molar-refractivity contribution < 1.29 is 9.15 Å². The molecule has 0 fully saturated rings. The fraction of sp³-hybridized carbons (Fsp3) is 0.214. The number of methoxy groups -OCH3 is 1. The summed E-state index contributed by atoms with van der Waals surface area (Å²) in [4.78, 5) is 4.14. The molecule has 0 bridgehead atoms. The Morgan fingerprint density at radius 2 is 2.05 bits per heavy atom. The van der Waals surface area contributed by atoms with Gasteiger partial charge in [-0.2, -0.15) is 0 Å². The van der Waals surface area contributed by atoms with Crippen LogP contribution in [0.2, 0.25) is 0 Å². The summed E-state index contributed by atoms with van der Waals surface area (Å²) in [6.07, 6.45) is 3.09. The third-order valence-electron chi connectivity index (χ3n) is 3.09. The maximum Gasteiger partial charge on any atom is 0.265 e. The first kappa shape index (κ1) is 12.4. The summed E-state index contributed by atoms with van der Waals surface area (Å²) < 4.78 is 12.7. The molecule has 0 saturated heterocycles. The molecule has 3 rings (SSSR count). The predicted molar refractivity (Wildman–Crippen MR) is 72.9 cm³/mol. The van der Waals surface area contributed by atoms with Gasteiger partial charge in [0.15, 0.2) is 0 Å². The first-order valence-electron chi connectivity index (χ1n) is 6.18. The standard InChI is InChI=1S/C14H14N4O2/c1-9-5-4-6-11(19-3)12(9)18-10(2)16-17-13(18)14-15-7-8-20-14/h4-8H,1-3H3. The molecule has 1 aromatic carbocycles. The molecule has 0 saturated carbocycles. The lowest BCUT2D eigenvalue weighted by Crippen LogP contribution is -2.04. The molecule has 0 unspecified atom stereocenters. The molecule has 0 aliphatic rings. The van der Waals surface area contributed by atoms with E-state index in [1.807, 2.05) is 36.6 Å². The van der Waals surface area contributed by atoms with Gasteiger partial charge in [-0.15, -0.1) is 10.2 Å². The minimum Gasteiger partial charge on any atom is -0.495 e. The van der Waals surface area contributed by atoms with Gasteiger partial charge in [-0.3, -0.25) is 4.57 Å². The van der Waals surface area contributed by atoms with E-state index >= 15 is 0 Å². The summed E-state index contributed by atoms with van der Waals surface area (Å²) in [5.74, 6) is 2.47. The third-order valence-corrected chi connectivity index (χ3v) is 3.09. The second-order valence-corrected chi connectivity index (χ2v) is 4.37. The molecule has 6 nitrogen and oxygen atoms in total. The smallest absolute Gasteiger partial charge is 0.265 e. The highest BCUT2D eigenvalue weighted by Gasteiger charge is 2.20. The van der Waals surface area contributed by atoms with Crippen LogP contribution in [0.4, 0.5) is 0 Å². The number of hydrogen-bond acceptors (Lipinski definition) is 5. The number of aryl methyl sites for hydroxylation is 2. The van der Waals surface area contributed by atoms with Crippen molar-refractivity contribution in [2.24, 2.45) is 0 Å². The first-order valence-corrected chi connectivity index (χ1v) is 6.18. The minimum absolute atomic E-state index is 0.427. The molecule has 20 heavy (non-hydrogen) atoms. The van der Waals surface area contributed by atoms with Gasteiger partial charge in [0.2, 0.25) is 5.82 Å². The van der Waals surface area contributed by atoms with Gasteiger partial charge < -0.3 is 9.15 Å². The van der Waals surface area contributed by atoms with Crippen LogP contribution >= 0.6 is 0 Å². The normalized spacial score (nSPS) is 10.8. The molecule has 2 heterocycles. The van der Waals surface area contributed by atoms with Gasteiger partial charge in [0.05, 0.1) is 19.0 Å². The Kier molecular flexibility index (Phi) is 2.98. The molecule has 102 valence electrons. The zero-order valence-electron chi connectivity index (χ0n) is 11.5. The molecule has 0 aliphatic carbocycles. The van der Waals surface area contributed by atoms with E-state index in [0.717, 1.165) is 22.8 Å². The molecule has 0 amide bonds. The van der Waals surface area contributed by atoms with Gasteiger partial charge in [0.25, 0.3) is 5.89 Å². The van der Waals surface area contributed by atoms with E-state index in [-0.39, 0.29) is 0 Å². The van der Waals surface area contributed by atoms with Gasteiger partial charge in [-0.05, 0) is 25.5 Å². The number of ether oxygens (including phenoxy) is 1. The highest BCUT2D eigenvalue weighted by atomic mass is 16.5. The number of oxazole rings is 1. The number of aromatic nitrogens is 4. The van der Waals surface area contributed by atoms with E-state index in [4.69, 9.17) is 9.15 Å². The Labute approximate surface area is 116 Å². The van der Waals surface area contributed by atoms with Crippen LogP contribution in [0.5, 0.6) is 5.75 Å². The molecular weight excluding hydrogens is 256 g/mol. The Morgan fingerprint density at radius 3 is 2.75 bits per heavy atom. The van der Waals surface area contributed by atoms with E-state index in [9.17, 15) is 0 Å². The van der Waals surface area contributed by atoms with E-state index < -0.39 is 0 Å². The van der Waals surface area contributed by atoms with Gasteiger partial charge >= 0.3 is 0 Å². The largest absolute Gasteiger partial charge is 0.495 e. The summed E-state index contributed by atoms with van der Waals surface area (Å²) in [7, 11) is 1.64. The van der Waals surface area contributed by atoms with Crippen LogP contribution in [0, 0.1) is 13.8 Å². The minimum atomic E-state index is 0.427. The average molecular weight is 270 g/mol. The van der Waals surface area contributed by atoms with Gasteiger partial charge in [-0.1, -0.05) is 12.1 Å². The van der Waals surface area contributed by atoms with Crippen molar-refractivity contribution in [2.75, 3.05) is 7.11 Å². The Hall–Kier alpha value is -2.63. The van der Waals surface area contributed by atoms with Crippen LogP contribution in [-0.4, -0.2) is 26.9 Å². The summed E-state index contributed by atoms with van der Waals surface area (Å²) in [6, 6.07) is 5.86. The Morgan fingerprint density at radius 1 is 1.20 bits per heavy atom. The number of hydrogen-bond donors (Lipinski definition) is 0. The van der Waals surface area contributed by atoms with Crippen LogP contribution in [0.15, 0.2) is 35.1 Å². The van der Waals surface area contributed by atoms with E-state index in [0.29, 0.717) is 11.7 Å². The maximum atomic E-state index is 5.45. The van der Waals surface area contributed by atoms with Crippen LogP contribution in [0.3, 0.4) is 0 Å². The maximum absolute atomic E-state index is 5.45. The summed E-state index contributed by atoms with van der Waals surface area (Å²) in [5.41, 5.74) is 1.95. The van der Waals surface area contributed by atoms with Crippen molar-refractivity contribution in [3.8, 4) is 23.2 Å². The topological polar surface area (TPSA) is 66.0 Å². The van der Waals surface area contributed by atoms with Gasteiger partial charge in [0, 0.05) is 0 Å². The van der Waals surface area contributed by atoms with Crippen LogP contribution in [0.25, 0.3) is 17.4 Å². The van der Waals surface area contributed by atoms with Crippen molar-refractivity contribution in [1.82, 2.24) is 19.7 Å². The van der Waals surface area contributed by atoms with Gasteiger partial charge in [-0.25, -0.2) is 4.98 Å². The second kappa shape index (κ2) is 4.80. The monoisotopic (exact) mass is 270 g/mol. The summed E-state index contributed by atoms with van der Waals surface area (Å²) >= 11 is 0. The number of rotatable bonds is 3. The molecule has 2 aromatic heterocycles. The molecule has 0 atom stereocenters. The lowest BCUT2D eigenvalue weighted by Gasteiger charge is -2.14. The quantitative estimate of drug-likeness (QED) is 0.731. The number of benzene rings is 1. The Bertz CT molecular complexity index is 732. The SMILES string of the molecule is COc1cccc(C)c1-n1c(C)nnc1-c1ncco1. The molecule has 0 aliphatic heterocycles. The zero-order chi connectivity index (χ0) is 14.1. The van der Waals surface area contributed by atoms with E-state index in [1.165, 1.54) is 6.26 Å². The second-order valence-electron chi connectivity index (χ2n) is 4.37. The van der Waals surface area contributed by atoms with Gasteiger partial charge in [0.1, 0.15) is 17.8 Å². The highest BCUT2D eigenvalue weighted by Crippen LogP contribution is 2.30. The fourth-order valence-corrected chi connectivity index (χ4v) is 2.19. The molecule has 6 heteroatoms. The highest BCUT2D eigenvalue weighted by molar-refractivity contribution is 5.58. The number of nitrogens with zero attached hydrogens (tertiary/aromatic N) is 4. The summed E-state index contributed by atoms with van der Waals surface area (Å²) in [5, 5.41) is 8.28. The molecule has 0 radical (unpaired) electrons. The van der Waals surface area contributed by atoms with Crippen molar-refractivity contribution >= 4 is 0 Å². The van der Waals surface area contributed by atoms with Crippen molar-refractivity contribution in [3.05, 3.63) is 42.0 Å². The van der Waals surface area contributed by atoms with Crippen molar-refractivity contribution in [2.45, 2.75) is 13.8 Å². The summed E-state index contributed by atoms with van der Waals surface area (Å²) in [6.45, 7) is 3.89. The van der Waals surface area contributed by atoms with E-state index in [1.54, 1.807) is 13.3 Å². The first-order chi connectivity index (χ1) is 9.72.